The van der Waals surface area contributed by atoms with Crippen LogP contribution in [0.2, 0.25) is 0 Å². The van der Waals surface area contributed by atoms with Crippen LogP contribution in [0.1, 0.15) is 29.6 Å². The van der Waals surface area contributed by atoms with E-state index in [0.29, 0.717) is 6.54 Å². The van der Waals surface area contributed by atoms with Gasteiger partial charge in [0, 0.05) is 16.3 Å². The summed E-state index contributed by atoms with van der Waals surface area (Å²) in [5.41, 5.74) is 0. The average molecular weight is 212 g/mol. The molecule has 0 aromatic carbocycles. The minimum atomic E-state index is -0.106. The molecule has 0 saturated carbocycles. The Labute approximate surface area is 88.5 Å². The fraction of sp³-hybridized carbons (Fsp3) is 0.500. The van der Waals surface area contributed by atoms with Crippen molar-refractivity contribution in [2.45, 2.75) is 26.8 Å². The summed E-state index contributed by atoms with van der Waals surface area (Å²) in [6.07, 6.45) is 0. The maximum absolute atomic E-state index is 11.2. The van der Waals surface area contributed by atoms with Gasteiger partial charge in [-0.3, -0.25) is 0 Å². The van der Waals surface area contributed by atoms with E-state index in [4.69, 9.17) is 0 Å². The van der Waals surface area contributed by atoms with Gasteiger partial charge in [-0.1, -0.05) is 0 Å². The molecule has 3 nitrogen and oxygen atoms in total. The fourth-order valence-corrected chi connectivity index (χ4v) is 2.05. The summed E-state index contributed by atoms with van der Waals surface area (Å²) in [7, 11) is 0. The van der Waals surface area contributed by atoms with Crippen molar-refractivity contribution < 1.29 is 4.79 Å². The molecule has 1 aromatic rings. The molecule has 2 N–H and O–H groups in total. The summed E-state index contributed by atoms with van der Waals surface area (Å²) in [6.45, 7) is 6.61. The third-order valence-corrected chi connectivity index (χ3v) is 3.06. The van der Waals surface area contributed by atoms with Crippen molar-refractivity contribution in [2.75, 3.05) is 6.54 Å². The molecule has 2 amide bonds. The minimum absolute atomic E-state index is 0.0836. The second-order valence-corrected chi connectivity index (χ2v) is 4.49. The Morgan fingerprint density at radius 3 is 2.79 bits per heavy atom. The molecule has 0 aliphatic heterocycles. The third-order valence-electron chi connectivity index (χ3n) is 1.87. The van der Waals surface area contributed by atoms with Crippen LogP contribution in [0.15, 0.2) is 12.1 Å². The summed E-state index contributed by atoms with van der Waals surface area (Å²) < 4.78 is 0. The lowest BCUT2D eigenvalue weighted by molar-refractivity contribution is 0.238. The quantitative estimate of drug-likeness (QED) is 0.794. The van der Waals surface area contributed by atoms with Crippen LogP contribution >= 0.6 is 11.3 Å². The lowest BCUT2D eigenvalue weighted by Crippen LogP contribution is -2.36. The normalized spacial score (nSPS) is 12.2. The first-order valence-electron chi connectivity index (χ1n) is 4.74. The number of hydrogen-bond donors (Lipinski definition) is 2. The predicted octanol–water partition coefficient (Wildman–Crippen LogP) is 2.44. The number of hydrogen-bond acceptors (Lipinski definition) is 2. The zero-order valence-electron chi connectivity index (χ0n) is 8.76. The Morgan fingerprint density at radius 2 is 2.29 bits per heavy atom. The van der Waals surface area contributed by atoms with Crippen LogP contribution < -0.4 is 10.6 Å². The van der Waals surface area contributed by atoms with Crippen molar-refractivity contribution in [3.63, 3.8) is 0 Å². The Hall–Kier alpha value is -1.03. The van der Waals surface area contributed by atoms with E-state index in [9.17, 15) is 4.79 Å². The molecule has 0 radical (unpaired) electrons. The van der Waals surface area contributed by atoms with Gasteiger partial charge in [0.05, 0.1) is 6.04 Å². The van der Waals surface area contributed by atoms with Gasteiger partial charge in [-0.25, -0.2) is 4.79 Å². The number of nitrogens with one attached hydrogen (secondary N) is 2. The zero-order chi connectivity index (χ0) is 10.6. The van der Waals surface area contributed by atoms with Crippen molar-refractivity contribution in [1.29, 1.82) is 0 Å². The number of amides is 2. The van der Waals surface area contributed by atoms with Gasteiger partial charge >= 0.3 is 6.03 Å². The van der Waals surface area contributed by atoms with Crippen molar-refractivity contribution in [3.8, 4) is 0 Å². The van der Waals surface area contributed by atoms with Gasteiger partial charge in [-0.2, -0.15) is 0 Å². The van der Waals surface area contributed by atoms with Crippen LogP contribution in [0.5, 0.6) is 0 Å². The van der Waals surface area contributed by atoms with Gasteiger partial charge in [0.25, 0.3) is 0 Å². The lowest BCUT2D eigenvalue weighted by Gasteiger charge is -2.12. The first kappa shape index (κ1) is 11.0. The second-order valence-electron chi connectivity index (χ2n) is 3.17. The van der Waals surface area contributed by atoms with E-state index in [-0.39, 0.29) is 12.1 Å². The van der Waals surface area contributed by atoms with Crippen molar-refractivity contribution in [1.82, 2.24) is 10.6 Å². The van der Waals surface area contributed by atoms with Crippen LogP contribution in [0.3, 0.4) is 0 Å². The summed E-state index contributed by atoms with van der Waals surface area (Å²) in [4.78, 5) is 13.7. The molecule has 14 heavy (non-hydrogen) atoms. The molecule has 0 saturated heterocycles. The molecule has 0 fully saturated rings. The van der Waals surface area contributed by atoms with Crippen molar-refractivity contribution in [3.05, 3.63) is 21.9 Å². The largest absolute Gasteiger partial charge is 0.338 e. The van der Waals surface area contributed by atoms with Gasteiger partial charge in [-0.05, 0) is 32.9 Å². The standard InChI is InChI=1S/C10H16N2OS/c1-4-11-10(13)12-8(3)9-6-5-7(2)14-9/h5-6,8H,4H2,1-3H3,(H2,11,12,13). The molecule has 0 aliphatic carbocycles. The molecule has 1 aromatic heterocycles. The summed E-state index contributed by atoms with van der Waals surface area (Å²) in [5.74, 6) is 0. The molecule has 1 rings (SSSR count). The molecule has 78 valence electrons. The minimum Gasteiger partial charge on any atom is -0.338 e. The predicted molar refractivity (Wildman–Crippen MR) is 59.7 cm³/mol. The maximum Gasteiger partial charge on any atom is 0.315 e. The molecule has 4 heteroatoms. The SMILES string of the molecule is CCNC(=O)NC(C)c1ccc(C)s1. The Balaban J connectivity index is 2.50. The highest BCUT2D eigenvalue weighted by molar-refractivity contribution is 7.12. The summed E-state index contributed by atoms with van der Waals surface area (Å²) >= 11 is 1.71. The van der Waals surface area contributed by atoms with Gasteiger partial charge in [0.2, 0.25) is 0 Å². The van der Waals surface area contributed by atoms with E-state index in [2.05, 4.69) is 29.7 Å². The zero-order valence-corrected chi connectivity index (χ0v) is 9.57. The van der Waals surface area contributed by atoms with E-state index in [1.807, 2.05) is 13.8 Å². The highest BCUT2D eigenvalue weighted by Crippen LogP contribution is 2.21. The highest BCUT2D eigenvalue weighted by atomic mass is 32.1. The number of urea groups is 1. The molecule has 1 unspecified atom stereocenters. The van der Waals surface area contributed by atoms with Crippen LogP contribution in [-0.2, 0) is 0 Å². The van der Waals surface area contributed by atoms with Gasteiger partial charge < -0.3 is 10.6 Å². The number of rotatable bonds is 3. The number of thiophene rings is 1. The first-order chi connectivity index (χ1) is 6.63. The molecular weight excluding hydrogens is 196 g/mol. The smallest absolute Gasteiger partial charge is 0.315 e. The number of carbonyl (C=O) groups excluding carboxylic acids is 1. The molecule has 1 heterocycles. The number of carbonyl (C=O) groups is 1. The van der Waals surface area contributed by atoms with Gasteiger partial charge in [0.1, 0.15) is 0 Å². The topological polar surface area (TPSA) is 41.1 Å². The third kappa shape index (κ3) is 3.03. The molecule has 1 atom stereocenters. The molecule has 0 spiro atoms. The van der Waals surface area contributed by atoms with E-state index in [1.54, 1.807) is 11.3 Å². The Morgan fingerprint density at radius 1 is 1.57 bits per heavy atom. The average Bonchev–Trinajstić information content (AvgIpc) is 2.52. The van der Waals surface area contributed by atoms with Crippen molar-refractivity contribution >= 4 is 17.4 Å². The highest BCUT2D eigenvalue weighted by Gasteiger charge is 2.09. The Kier molecular flexibility index (Phi) is 3.95. The monoisotopic (exact) mass is 212 g/mol. The van der Waals surface area contributed by atoms with E-state index >= 15 is 0 Å². The van der Waals surface area contributed by atoms with Crippen LogP contribution in [-0.4, -0.2) is 12.6 Å². The van der Waals surface area contributed by atoms with Crippen LogP contribution in [0.4, 0.5) is 4.79 Å². The summed E-state index contributed by atoms with van der Waals surface area (Å²) in [5, 5.41) is 5.58. The fourth-order valence-electron chi connectivity index (χ4n) is 1.17. The van der Waals surface area contributed by atoms with E-state index in [0.717, 1.165) is 0 Å². The lowest BCUT2D eigenvalue weighted by atomic mass is 10.3. The second kappa shape index (κ2) is 5.00. The molecule has 0 bridgehead atoms. The van der Waals surface area contributed by atoms with Crippen molar-refractivity contribution in [2.24, 2.45) is 0 Å². The van der Waals surface area contributed by atoms with Gasteiger partial charge in [-0.15, -0.1) is 11.3 Å². The van der Waals surface area contributed by atoms with E-state index < -0.39 is 0 Å². The van der Waals surface area contributed by atoms with Gasteiger partial charge in [0.15, 0.2) is 0 Å². The van der Waals surface area contributed by atoms with Crippen LogP contribution in [0, 0.1) is 6.92 Å². The molecule has 0 aliphatic rings. The Bertz CT molecular complexity index is 309. The maximum atomic E-state index is 11.2. The number of aryl methyl sites for hydroxylation is 1. The van der Waals surface area contributed by atoms with Crippen LogP contribution in [0.25, 0.3) is 0 Å². The molecular formula is C10H16N2OS. The summed E-state index contributed by atoms with van der Waals surface area (Å²) in [6, 6.07) is 4.10. The van der Waals surface area contributed by atoms with E-state index in [1.165, 1.54) is 9.75 Å². The first-order valence-corrected chi connectivity index (χ1v) is 5.55.